The van der Waals surface area contributed by atoms with Crippen molar-refractivity contribution in [2.24, 2.45) is 0 Å². The number of thiophene rings is 1. The van der Waals surface area contributed by atoms with Crippen LogP contribution in [-0.4, -0.2) is 19.1 Å². The predicted octanol–water partition coefficient (Wildman–Crippen LogP) is 2.10. The summed E-state index contributed by atoms with van der Waals surface area (Å²) in [5, 5.41) is 3.29. The fourth-order valence-corrected chi connectivity index (χ4v) is 2.10. The monoisotopic (exact) mass is 227 g/mol. The van der Waals surface area contributed by atoms with E-state index >= 15 is 0 Å². The zero-order valence-electron chi connectivity index (χ0n) is 9.37. The molecule has 1 aromatic rings. The van der Waals surface area contributed by atoms with E-state index in [0.29, 0.717) is 6.42 Å². The van der Waals surface area contributed by atoms with Gasteiger partial charge in [-0.3, -0.25) is 4.79 Å². The topological polar surface area (TPSA) is 38.3 Å². The molecule has 1 heterocycles. The zero-order chi connectivity index (χ0) is 11.3. The minimum absolute atomic E-state index is 0.153. The van der Waals surface area contributed by atoms with E-state index in [0.717, 1.165) is 6.54 Å². The fraction of sp³-hybridized carbons (Fsp3) is 0.545. The quantitative estimate of drug-likeness (QED) is 0.783. The zero-order valence-corrected chi connectivity index (χ0v) is 10.2. The van der Waals surface area contributed by atoms with Crippen LogP contribution in [0.15, 0.2) is 12.1 Å². The highest BCUT2D eigenvalue weighted by atomic mass is 32.1. The molecule has 15 heavy (non-hydrogen) atoms. The van der Waals surface area contributed by atoms with E-state index < -0.39 is 0 Å². The number of ether oxygens (including phenoxy) is 1. The molecule has 1 aromatic heterocycles. The Bertz CT molecular complexity index is 322. The maximum absolute atomic E-state index is 11.0. The lowest BCUT2D eigenvalue weighted by molar-refractivity contribution is -0.141. The van der Waals surface area contributed by atoms with E-state index in [1.54, 1.807) is 11.3 Å². The van der Waals surface area contributed by atoms with Gasteiger partial charge in [0, 0.05) is 22.3 Å². The minimum atomic E-state index is -0.169. The van der Waals surface area contributed by atoms with Crippen molar-refractivity contribution in [2.45, 2.75) is 32.9 Å². The largest absolute Gasteiger partial charge is 0.469 e. The van der Waals surface area contributed by atoms with Gasteiger partial charge in [0.1, 0.15) is 0 Å². The number of nitrogens with one attached hydrogen (secondary N) is 1. The van der Waals surface area contributed by atoms with Gasteiger partial charge in [0.2, 0.25) is 0 Å². The van der Waals surface area contributed by atoms with Crippen molar-refractivity contribution < 1.29 is 9.53 Å². The molecule has 0 bridgehead atoms. The Morgan fingerprint density at radius 3 is 2.87 bits per heavy atom. The van der Waals surface area contributed by atoms with Gasteiger partial charge in [-0.1, -0.05) is 0 Å². The van der Waals surface area contributed by atoms with Crippen molar-refractivity contribution in [1.29, 1.82) is 0 Å². The van der Waals surface area contributed by atoms with Crippen LogP contribution >= 0.6 is 11.3 Å². The van der Waals surface area contributed by atoms with Gasteiger partial charge in [-0.05, 0) is 26.0 Å². The molecular formula is C11H17NO2S. The van der Waals surface area contributed by atoms with Gasteiger partial charge in [-0.15, -0.1) is 11.3 Å². The molecule has 0 aliphatic carbocycles. The molecule has 0 spiro atoms. The van der Waals surface area contributed by atoms with Gasteiger partial charge in [0.05, 0.1) is 13.5 Å². The van der Waals surface area contributed by atoms with Crippen molar-refractivity contribution in [3.05, 3.63) is 21.9 Å². The summed E-state index contributed by atoms with van der Waals surface area (Å²) < 4.78 is 4.60. The van der Waals surface area contributed by atoms with E-state index in [2.05, 4.69) is 29.1 Å². The smallest absolute Gasteiger partial charge is 0.307 e. The van der Waals surface area contributed by atoms with Gasteiger partial charge < -0.3 is 10.1 Å². The summed E-state index contributed by atoms with van der Waals surface area (Å²) >= 11 is 1.78. The average Bonchev–Trinajstić information content (AvgIpc) is 2.61. The molecule has 0 saturated carbocycles. The summed E-state index contributed by atoms with van der Waals surface area (Å²) in [4.78, 5) is 13.6. The molecule has 0 aliphatic rings. The van der Waals surface area contributed by atoms with Crippen LogP contribution in [0.25, 0.3) is 0 Å². The number of methoxy groups -OCH3 is 1. The Morgan fingerprint density at radius 1 is 1.60 bits per heavy atom. The van der Waals surface area contributed by atoms with Crippen LogP contribution in [-0.2, 0) is 16.1 Å². The van der Waals surface area contributed by atoms with E-state index in [1.807, 2.05) is 6.92 Å². The van der Waals surface area contributed by atoms with E-state index in [9.17, 15) is 4.79 Å². The van der Waals surface area contributed by atoms with E-state index in [4.69, 9.17) is 0 Å². The molecule has 4 heteroatoms. The van der Waals surface area contributed by atoms with Crippen molar-refractivity contribution in [3.63, 3.8) is 0 Å². The predicted molar refractivity (Wildman–Crippen MR) is 62.0 cm³/mol. The van der Waals surface area contributed by atoms with Gasteiger partial charge in [-0.2, -0.15) is 0 Å². The summed E-state index contributed by atoms with van der Waals surface area (Å²) in [6, 6.07) is 4.37. The Morgan fingerprint density at radius 2 is 2.33 bits per heavy atom. The second-order valence-corrected chi connectivity index (χ2v) is 4.95. The van der Waals surface area contributed by atoms with Crippen LogP contribution < -0.4 is 5.32 Å². The fourth-order valence-electron chi connectivity index (χ4n) is 1.26. The third kappa shape index (κ3) is 4.44. The molecule has 3 nitrogen and oxygen atoms in total. The van der Waals surface area contributed by atoms with Crippen molar-refractivity contribution in [3.8, 4) is 0 Å². The van der Waals surface area contributed by atoms with Crippen molar-refractivity contribution in [1.82, 2.24) is 5.32 Å². The first-order valence-electron chi connectivity index (χ1n) is 4.97. The second-order valence-electron chi connectivity index (χ2n) is 3.57. The minimum Gasteiger partial charge on any atom is -0.469 e. The number of hydrogen-bond acceptors (Lipinski definition) is 4. The van der Waals surface area contributed by atoms with Gasteiger partial charge in [-0.25, -0.2) is 0 Å². The first-order chi connectivity index (χ1) is 7.11. The van der Waals surface area contributed by atoms with Gasteiger partial charge >= 0.3 is 5.97 Å². The molecule has 0 saturated heterocycles. The van der Waals surface area contributed by atoms with Crippen LogP contribution in [0.5, 0.6) is 0 Å². The lowest BCUT2D eigenvalue weighted by Crippen LogP contribution is -2.28. The molecule has 1 N–H and O–H groups in total. The number of aryl methyl sites for hydroxylation is 1. The summed E-state index contributed by atoms with van der Waals surface area (Å²) in [5.41, 5.74) is 0. The van der Waals surface area contributed by atoms with Gasteiger partial charge in [0.25, 0.3) is 0 Å². The van der Waals surface area contributed by atoms with Crippen LogP contribution in [0.1, 0.15) is 23.1 Å². The Labute approximate surface area is 94.5 Å². The molecular weight excluding hydrogens is 210 g/mol. The molecule has 0 radical (unpaired) electrons. The normalized spacial score (nSPS) is 12.5. The number of hydrogen-bond donors (Lipinski definition) is 1. The number of carbonyl (C=O) groups is 1. The van der Waals surface area contributed by atoms with Crippen molar-refractivity contribution in [2.75, 3.05) is 7.11 Å². The molecule has 1 rings (SSSR count). The van der Waals surface area contributed by atoms with E-state index in [-0.39, 0.29) is 12.0 Å². The second kappa shape index (κ2) is 5.88. The molecule has 0 amide bonds. The number of carbonyl (C=O) groups excluding carboxylic acids is 1. The average molecular weight is 227 g/mol. The lowest BCUT2D eigenvalue weighted by atomic mass is 10.2. The summed E-state index contributed by atoms with van der Waals surface area (Å²) in [6.07, 6.45) is 0.418. The Balaban J connectivity index is 2.28. The van der Waals surface area contributed by atoms with E-state index in [1.165, 1.54) is 16.9 Å². The highest BCUT2D eigenvalue weighted by Gasteiger charge is 2.08. The van der Waals surface area contributed by atoms with Gasteiger partial charge in [0.15, 0.2) is 0 Å². The molecule has 84 valence electrons. The molecule has 0 aliphatic heterocycles. The Kier molecular flexibility index (Phi) is 4.78. The van der Waals surface area contributed by atoms with Crippen LogP contribution in [0, 0.1) is 6.92 Å². The molecule has 0 fully saturated rings. The summed E-state index contributed by atoms with van der Waals surface area (Å²) in [5.74, 6) is -0.169. The lowest BCUT2D eigenvalue weighted by Gasteiger charge is -2.11. The maximum atomic E-state index is 11.0. The highest BCUT2D eigenvalue weighted by Crippen LogP contribution is 2.14. The van der Waals surface area contributed by atoms with Crippen molar-refractivity contribution >= 4 is 17.3 Å². The first-order valence-corrected chi connectivity index (χ1v) is 5.79. The van der Waals surface area contributed by atoms with Crippen LogP contribution in [0.3, 0.4) is 0 Å². The van der Waals surface area contributed by atoms with Crippen LogP contribution in [0.2, 0.25) is 0 Å². The summed E-state index contributed by atoms with van der Waals surface area (Å²) in [7, 11) is 1.41. The highest BCUT2D eigenvalue weighted by molar-refractivity contribution is 7.11. The van der Waals surface area contributed by atoms with Crippen LogP contribution in [0.4, 0.5) is 0 Å². The summed E-state index contributed by atoms with van der Waals surface area (Å²) in [6.45, 7) is 4.89. The SMILES string of the molecule is COC(=O)CC(C)NCc1ccc(C)s1. The maximum Gasteiger partial charge on any atom is 0.307 e. The third-order valence-electron chi connectivity index (χ3n) is 2.12. The molecule has 1 atom stereocenters. The molecule has 0 aromatic carbocycles. The number of rotatable bonds is 5. The Hall–Kier alpha value is -0.870. The standard InChI is InChI=1S/C11H17NO2S/c1-8(6-11(13)14-3)12-7-10-5-4-9(2)15-10/h4-5,8,12H,6-7H2,1-3H3. The number of esters is 1. The first kappa shape index (κ1) is 12.2. The third-order valence-corrected chi connectivity index (χ3v) is 3.12. The molecule has 1 unspecified atom stereocenters.